The summed E-state index contributed by atoms with van der Waals surface area (Å²) in [5.74, 6) is 1.95. The lowest BCUT2D eigenvalue weighted by molar-refractivity contribution is 0.107. The Morgan fingerprint density at radius 1 is 1.12 bits per heavy atom. The lowest BCUT2D eigenvalue weighted by atomic mass is 10.2. The van der Waals surface area contributed by atoms with E-state index in [9.17, 15) is 0 Å². The highest BCUT2D eigenvalue weighted by Gasteiger charge is 2.14. The minimum absolute atomic E-state index is 0.0512. The highest BCUT2D eigenvalue weighted by Crippen LogP contribution is 2.31. The number of methoxy groups -OCH3 is 2. The molecule has 1 aromatic heterocycles. The van der Waals surface area contributed by atoms with Crippen LogP contribution in [0.25, 0.3) is 11.4 Å². The van der Waals surface area contributed by atoms with Crippen LogP contribution in [0, 0.1) is 0 Å². The molecule has 1 heterocycles. The van der Waals surface area contributed by atoms with Crippen LogP contribution in [0.4, 0.5) is 0 Å². The van der Waals surface area contributed by atoms with Gasteiger partial charge in [-0.3, -0.25) is 0 Å². The zero-order chi connectivity index (χ0) is 18.4. The third-order valence-electron chi connectivity index (χ3n) is 3.45. The molecule has 0 saturated heterocycles. The molecule has 3 rings (SSSR count). The Kier molecular flexibility index (Phi) is 5.70. The van der Waals surface area contributed by atoms with Gasteiger partial charge in [-0.15, -0.1) is 0 Å². The van der Waals surface area contributed by atoms with E-state index >= 15 is 0 Å². The Labute approximate surface area is 155 Å². The van der Waals surface area contributed by atoms with Crippen molar-refractivity contribution in [1.82, 2.24) is 10.1 Å². The maximum atomic E-state index is 5.83. The van der Waals surface area contributed by atoms with Crippen LogP contribution in [0.15, 0.2) is 52.1 Å². The van der Waals surface area contributed by atoms with E-state index < -0.39 is 0 Å². The van der Waals surface area contributed by atoms with Gasteiger partial charge in [-0.1, -0.05) is 34.0 Å². The maximum absolute atomic E-state index is 5.83. The average molecular weight is 374 g/mol. The zero-order valence-electron chi connectivity index (χ0n) is 14.2. The van der Waals surface area contributed by atoms with Gasteiger partial charge >= 0.3 is 0 Å². The Morgan fingerprint density at radius 3 is 2.65 bits per heavy atom. The molecule has 3 aromatic rings. The normalized spacial score (nSPS) is 10.9. The van der Waals surface area contributed by atoms with Crippen molar-refractivity contribution < 1.29 is 18.8 Å². The molecule has 0 saturated carbocycles. The number of oxime groups is 1. The molecule has 26 heavy (non-hydrogen) atoms. The fourth-order valence-corrected chi connectivity index (χ4v) is 2.27. The Morgan fingerprint density at radius 2 is 1.92 bits per heavy atom. The molecule has 7 nitrogen and oxygen atoms in total. The third kappa shape index (κ3) is 4.31. The largest absolute Gasteiger partial charge is 0.497 e. The summed E-state index contributed by atoms with van der Waals surface area (Å²) in [6, 6.07) is 12.5. The van der Waals surface area contributed by atoms with Crippen LogP contribution in [0.3, 0.4) is 0 Å². The van der Waals surface area contributed by atoms with Crippen molar-refractivity contribution >= 4 is 17.8 Å². The number of nitrogens with zero attached hydrogens (tertiary/aromatic N) is 3. The summed E-state index contributed by atoms with van der Waals surface area (Å²) in [4.78, 5) is 9.47. The summed E-state index contributed by atoms with van der Waals surface area (Å²) in [5, 5.41) is 8.47. The first-order valence-corrected chi connectivity index (χ1v) is 8.03. The zero-order valence-corrected chi connectivity index (χ0v) is 14.9. The van der Waals surface area contributed by atoms with E-state index in [-0.39, 0.29) is 6.61 Å². The fourth-order valence-electron chi connectivity index (χ4n) is 2.15. The van der Waals surface area contributed by atoms with Crippen LogP contribution in [0.1, 0.15) is 11.5 Å². The Hall–Kier alpha value is -3.06. The molecular formula is C18H16ClN3O4. The first kappa shape index (κ1) is 17.8. The number of benzene rings is 2. The molecule has 0 unspecified atom stereocenters. The summed E-state index contributed by atoms with van der Waals surface area (Å²) in [6.45, 7) is 0.0512. The number of ether oxygens (including phenoxy) is 2. The molecule has 2 aromatic carbocycles. The second-order valence-corrected chi connectivity index (χ2v) is 5.57. The Bertz CT molecular complexity index is 894. The number of hydrogen-bond acceptors (Lipinski definition) is 7. The van der Waals surface area contributed by atoms with Gasteiger partial charge in [0.05, 0.1) is 26.0 Å². The highest BCUT2D eigenvalue weighted by molar-refractivity contribution is 6.30. The van der Waals surface area contributed by atoms with Crippen molar-refractivity contribution in [3.8, 4) is 22.9 Å². The smallest absolute Gasteiger partial charge is 0.267 e. The van der Waals surface area contributed by atoms with Crippen molar-refractivity contribution in [2.24, 2.45) is 5.16 Å². The molecule has 0 bridgehead atoms. The summed E-state index contributed by atoms with van der Waals surface area (Å²) < 4.78 is 15.7. The van der Waals surface area contributed by atoms with Gasteiger partial charge in [-0.2, -0.15) is 4.98 Å². The van der Waals surface area contributed by atoms with Gasteiger partial charge in [-0.05, 0) is 29.8 Å². The lowest BCUT2D eigenvalue weighted by Gasteiger charge is -2.07. The van der Waals surface area contributed by atoms with Crippen LogP contribution >= 0.6 is 11.6 Å². The Balaban J connectivity index is 1.64. The van der Waals surface area contributed by atoms with Crippen LogP contribution in [-0.2, 0) is 11.4 Å². The van der Waals surface area contributed by atoms with E-state index in [1.807, 2.05) is 12.1 Å². The minimum atomic E-state index is 0.0512. The predicted molar refractivity (Wildman–Crippen MR) is 96.7 cm³/mol. The molecule has 0 atom stereocenters. The fraction of sp³-hybridized carbons (Fsp3) is 0.167. The van der Waals surface area contributed by atoms with Crippen LogP contribution in [0.2, 0.25) is 5.02 Å². The van der Waals surface area contributed by atoms with Crippen LogP contribution in [0.5, 0.6) is 11.5 Å². The van der Waals surface area contributed by atoms with Gasteiger partial charge in [0.25, 0.3) is 5.89 Å². The maximum Gasteiger partial charge on any atom is 0.267 e. The molecule has 0 N–H and O–H groups in total. The monoisotopic (exact) mass is 373 g/mol. The molecule has 0 aliphatic rings. The molecule has 8 heteroatoms. The summed E-state index contributed by atoms with van der Waals surface area (Å²) in [5.41, 5.74) is 1.55. The van der Waals surface area contributed by atoms with E-state index in [1.165, 1.54) is 0 Å². The molecule has 0 amide bonds. The van der Waals surface area contributed by atoms with Gasteiger partial charge in [-0.25, -0.2) is 0 Å². The van der Waals surface area contributed by atoms with Crippen LogP contribution in [-0.4, -0.2) is 30.6 Å². The molecule has 0 aliphatic carbocycles. The van der Waals surface area contributed by atoms with E-state index in [0.717, 1.165) is 5.56 Å². The molecule has 0 aliphatic heterocycles. The van der Waals surface area contributed by atoms with E-state index in [0.29, 0.717) is 33.8 Å². The average Bonchev–Trinajstić information content (AvgIpc) is 3.14. The molecule has 0 radical (unpaired) electrons. The number of halogens is 1. The van der Waals surface area contributed by atoms with E-state index in [2.05, 4.69) is 15.3 Å². The minimum Gasteiger partial charge on any atom is -0.497 e. The second-order valence-electron chi connectivity index (χ2n) is 5.14. The van der Waals surface area contributed by atoms with Gasteiger partial charge in [0.1, 0.15) is 11.5 Å². The molecule has 134 valence electrons. The lowest BCUT2D eigenvalue weighted by Crippen LogP contribution is -1.92. The van der Waals surface area contributed by atoms with Gasteiger partial charge in [0.2, 0.25) is 5.82 Å². The van der Waals surface area contributed by atoms with Crippen molar-refractivity contribution in [1.29, 1.82) is 0 Å². The topological polar surface area (TPSA) is 79.0 Å². The number of aromatic nitrogens is 2. The quantitative estimate of drug-likeness (QED) is 0.460. The highest BCUT2D eigenvalue weighted by atomic mass is 35.5. The van der Waals surface area contributed by atoms with Crippen molar-refractivity contribution in [3.63, 3.8) is 0 Å². The molecular weight excluding hydrogens is 358 g/mol. The van der Waals surface area contributed by atoms with Crippen molar-refractivity contribution in [2.45, 2.75) is 6.61 Å². The standard InChI is InChI=1S/C18H16ClN3O4/c1-23-14-7-8-15(16(9-14)24-2)18-21-17(26-22-18)11-25-20-10-12-3-5-13(19)6-4-12/h3-10H,11H2,1-2H3/b20-10-. The number of rotatable bonds is 7. The molecule has 0 spiro atoms. The van der Waals surface area contributed by atoms with E-state index in [1.54, 1.807) is 50.8 Å². The number of hydrogen-bond donors (Lipinski definition) is 0. The first-order chi connectivity index (χ1) is 12.7. The summed E-state index contributed by atoms with van der Waals surface area (Å²) >= 11 is 5.83. The first-order valence-electron chi connectivity index (χ1n) is 7.65. The van der Waals surface area contributed by atoms with Gasteiger partial charge in [0.15, 0.2) is 6.61 Å². The van der Waals surface area contributed by atoms with Crippen molar-refractivity contribution in [3.05, 3.63) is 58.9 Å². The van der Waals surface area contributed by atoms with E-state index in [4.69, 9.17) is 30.4 Å². The van der Waals surface area contributed by atoms with Gasteiger partial charge < -0.3 is 18.8 Å². The third-order valence-corrected chi connectivity index (χ3v) is 3.70. The summed E-state index contributed by atoms with van der Waals surface area (Å²) in [6.07, 6.45) is 1.57. The van der Waals surface area contributed by atoms with Crippen LogP contribution < -0.4 is 9.47 Å². The van der Waals surface area contributed by atoms with Crippen molar-refractivity contribution in [2.75, 3.05) is 14.2 Å². The SMILES string of the molecule is COc1ccc(-c2noc(CO/N=C\c3ccc(Cl)cc3)n2)c(OC)c1. The summed E-state index contributed by atoms with van der Waals surface area (Å²) in [7, 11) is 3.15. The second kappa shape index (κ2) is 8.35. The molecule has 0 fully saturated rings. The predicted octanol–water partition coefficient (Wildman–Crippen LogP) is 3.96. The van der Waals surface area contributed by atoms with Gasteiger partial charge in [0, 0.05) is 11.1 Å².